The van der Waals surface area contributed by atoms with Gasteiger partial charge in [-0.3, -0.25) is 0 Å². The minimum absolute atomic E-state index is 0.460. The van der Waals surface area contributed by atoms with Crippen LogP contribution in [0.1, 0.15) is 11.7 Å². The quantitative estimate of drug-likeness (QED) is 0.728. The predicted octanol–water partition coefficient (Wildman–Crippen LogP) is 0.936. The molecule has 0 saturated heterocycles. The third-order valence-electron chi connectivity index (χ3n) is 1.88. The Bertz CT molecular complexity index is 322. The molecule has 0 spiro atoms. The summed E-state index contributed by atoms with van der Waals surface area (Å²) < 4.78 is 10.0. The van der Waals surface area contributed by atoms with Crippen molar-refractivity contribution in [3.8, 4) is 11.5 Å². The summed E-state index contributed by atoms with van der Waals surface area (Å²) in [5.41, 5.74) is 0.484. The highest BCUT2D eigenvalue weighted by molar-refractivity contribution is 5.61. The Kier molecular flexibility index (Phi) is 3.48. The van der Waals surface area contributed by atoms with Gasteiger partial charge < -0.3 is 19.4 Å². The van der Waals surface area contributed by atoms with Crippen LogP contribution in [0, 0.1) is 0 Å². The summed E-state index contributed by atoms with van der Waals surface area (Å²) in [7, 11) is 3.02. The number of aldehydes is 1. The van der Waals surface area contributed by atoms with Crippen molar-refractivity contribution in [3.63, 3.8) is 0 Å². The highest BCUT2D eigenvalue weighted by Gasteiger charge is 2.09. The van der Waals surface area contributed by atoms with E-state index in [1.54, 1.807) is 18.2 Å². The van der Waals surface area contributed by atoms with Gasteiger partial charge in [-0.05, 0) is 17.7 Å². The smallest absolute Gasteiger partial charge is 0.161 e. The zero-order valence-corrected chi connectivity index (χ0v) is 8.06. The van der Waals surface area contributed by atoms with Crippen molar-refractivity contribution in [1.82, 2.24) is 0 Å². The van der Waals surface area contributed by atoms with E-state index in [0.29, 0.717) is 23.3 Å². The number of rotatable bonds is 4. The molecule has 0 aliphatic heterocycles. The Morgan fingerprint density at radius 3 is 2.43 bits per heavy atom. The van der Waals surface area contributed by atoms with Gasteiger partial charge in [0.1, 0.15) is 6.10 Å². The van der Waals surface area contributed by atoms with Crippen molar-refractivity contribution in [3.05, 3.63) is 23.8 Å². The molecule has 1 N–H and O–H groups in total. The lowest BCUT2D eigenvalue weighted by atomic mass is 10.1. The van der Waals surface area contributed by atoms with E-state index < -0.39 is 6.10 Å². The van der Waals surface area contributed by atoms with Gasteiger partial charge >= 0.3 is 0 Å². The second-order valence-corrected chi connectivity index (χ2v) is 2.70. The molecule has 14 heavy (non-hydrogen) atoms. The number of hydrogen-bond donors (Lipinski definition) is 1. The van der Waals surface area contributed by atoms with Crippen LogP contribution in [0.5, 0.6) is 11.5 Å². The van der Waals surface area contributed by atoms with E-state index in [9.17, 15) is 9.90 Å². The Morgan fingerprint density at radius 1 is 1.29 bits per heavy atom. The van der Waals surface area contributed by atoms with E-state index in [4.69, 9.17) is 9.47 Å². The van der Waals surface area contributed by atoms with Crippen molar-refractivity contribution < 1.29 is 19.4 Å². The highest BCUT2D eigenvalue weighted by Crippen LogP contribution is 2.29. The summed E-state index contributed by atoms with van der Waals surface area (Å²) in [5, 5.41) is 9.25. The van der Waals surface area contributed by atoms with Crippen molar-refractivity contribution >= 4 is 6.29 Å². The van der Waals surface area contributed by atoms with Crippen LogP contribution in [-0.4, -0.2) is 25.6 Å². The lowest BCUT2D eigenvalue weighted by Crippen LogP contribution is -1.99. The number of methoxy groups -OCH3 is 2. The first-order chi connectivity index (χ1) is 6.72. The van der Waals surface area contributed by atoms with Gasteiger partial charge in [-0.2, -0.15) is 0 Å². The molecule has 0 heterocycles. The molecule has 4 nitrogen and oxygen atoms in total. The zero-order valence-electron chi connectivity index (χ0n) is 8.06. The summed E-state index contributed by atoms with van der Waals surface area (Å²) >= 11 is 0. The van der Waals surface area contributed by atoms with Gasteiger partial charge in [0, 0.05) is 0 Å². The van der Waals surface area contributed by atoms with Crippen LogP contribution >= 0.6 is 0 Å². The zero-order chi connectivity index (χ0) is 10.6. The molecule has 0 amide bonds. The molecule has 0 radical (unpaired) electrons. The fourth-order valence-corrected chi connectivity index (χ4v) is 1.12. The van der Waals surface area contributed by atoms with Crippen LogP contribution < -0.4 is 9.47 Å². The van der Waals surface area contributed by atoms with Crippen LogP contribution in [-0.2, 0) is 4.79 Å². The van der Waals surface area contributed by atoms with Crippen molar-refractivity contribution in [2.45, 2.75) is 6.10 Å². The average molecular weight is 196 g/mol. The van der Waals surface area contributed by atoms with Crippen LogP contribution in [0.25, 0.3) is 0 Å². The fraction of sp³-hybridized carbons (Fsp3) is 0.300. The molecule has 0 aromatic heterocycles. The number of carbonyl (C=O) groups excluding carboxylic acids is 1. The van der Waals surface area contributed by atoms with Gasteiger partial charge in [-0.25, -0.2) is 0 Å². The molecule has 4 heteroatoms. The lowest BCUT2D eigenvalue weighted by molar-refractivity contribution is -0.115. The van der Waals surface area contributed by atoms with Crippen LogP contribution in [0.4, 0.5) is 0 Å². The summed E-state index contributed by atoms with van der Waals surface area (Å²) in [6, 6.07) is 4.82. The van der Waals surface area contributed by atoms with E-state index in [2.05, 4.69) is 0 Å². The lowest BCUT2D eigenvalue weighted by Gasteiger charge is -2.10. The molecule has 0 aliphatic rings. The standard InChI is InChI=1S/C10H12O4/c1-13-9-4-3-7(8(12)6-11)5-10(9)14-2/h3-6,8,12H,1-2H3. The number of benzene rings is 1. The first-order valence-electron chi connectivity index (χ1n) is 4.08. The normalized spacial score (nSPS) is 11.9. The van der Waals surface area contributed by atoms with Crippen molar-refractivity contribution in [2.24, 2.45) is 0 Å². The largest absolute Gasteiger partial charge is 0.493 e. The van der Waals surface area contributed by atoms with E-state index in [1.807, 2.05) is 0 Å². The first kappa shape index (κ1) is 10.5. The maximum absolute atomic E-state index is 10.3. The fourth-order valence-electron chi connectivity index (χ4n) is 1.12. The van der Waals surface area contributed by atoms with Gasteiger partial charge in [0.05, 0.1) is 14.2 Å². The van der Waals surface area contributed by atoms with Gasteiger partial charge in [-0.1, -0.05) is 6.07 Å². The Morgan fingerprint density at radius 2 is 1.93 bits per heavy atom. The maximum Gasteiger partial charge on any atom is 0.161 e. The molecule has 1 rings (SSSR count). The van der Waals surface area contributed by atoms with Crippen molar-refractivity contribution in [1.29, 1.82) is 0 Å². The van der Waals surface area contributed by atoms with Crippen molar-refractivity contribution in [2.75, 3.05) is 14.2 Å². The van der Waals surface area contributed by atoms with E-state index in [-0.39, 0.29) is 0 Å². The molecule has 1 atom stereocenters. The molecule has 0 saturated carbocycles. The number of ether oxygens (including phenoxy) is 2. The average Bonchev–Trinajstić information content (AvgIpc) is 2.26. The Balaban J connectivity index is 3.06. The molecule has 0 bridgehead atoms. The molecular weight excluding hydrogens is 184 g/mol. The van der Waals surface area contributed by atoms with Gasteiger partial charge in [-0.15, -0.1) is 0 Å². The van der Waals surface area contributed by atoms with E-state index in [1.165, 1.54) is 14.2 Å². The SMILES string of the molecule is COc1ccc(C(O)C=O)cc1OC. The van der Waals surface area contributed by atoms with Crippen LogP contribution in [0.2, 0.25) is 0 Å². The number of aliphatic hydroxyl groups excluding tert-OH is 1. The number of aliphatic hydroxyl groups is 1. The second kappa shape index (κ2) is 4.62. The molecule has 76 valence electrons. The maximum atomic E-state index is 10.3. The van der Waals surface area contributed by atoms with E-state index in [0.717, 1.165) is 0 Å². The van der Waals surface area contributed by atoms with Gasteiger partial charge in [0.15, 0.2) is 17.8 Å². The monoisotopic (exact) mass is 196 g/mol. The minimum Gasteiger partial charge on any atom is -0.493 e. The summed E-state index contributed by atoms with van der Waals surface area (Å²) in [5.74, 6) is 1.06. The minimum atomic E-state index is -1.12. The Hall–Kier alpha value is -1.55. The second-order valence-electron chi connectivity index (χ2n) is 2.70. The van der Waals surface area contributed by atoms with Gasteiger partial charge in [0.25, 0.3) is 0 Å². The van der Waals surface area contributed by atoms with Crippen LogP contribution in [0.3, 0.4) is 0 Å². The topological polar surface area (TPSA) is 55.8 Å². The third kappa shape index (κ3) is 2.03. The van der Waals surface area contributed by atoms with Crippen LogP contribution in [0.15, 0.2) is 18.2 Å². The number of hydrogen-bond acceptors (Lipinski definition) is 4. The predicted molar refractivity (Wildman–Crippen MR) is 50.6 cm³/mol. The summed E-state index contributed by atoms with van der Waals surface area (Å²) in [4.78, 5) is 10.3. The molecule has 1 aromatic carbocycles. The summed E-state index contributed by atoms with van der Waals surface area (Å²) in [6.07, 6.45) is -0.656. The van der Waals surface area contributed by atoms with Gasteiger partial charge in [0.2, 0.25) is 0 Å². The molecular formula is C10H12O4. The number of carbonyl (C=O) groups is 1. The third-order valence-corrected chi connectivity index (χ3v) is 1.88. The Labute approximate surface area is 82.1 Å². The highest BCUT2D eigenvalue weighted by atomic mass is 16.5. The molecule has 1 unspecified atom stereocenters. The first-order valence-corrected chi connectivity index (χ1v) is 4.08. The molecule has 0 fully saturated rings. The molecule has 0 aliphatic carbocycles. The molecule has 1 aromatic rings. The summed E-state index contributed by atoms with van der Waals surface area (Å²) in [6.45, 7) is 0. The van der Waals surface area contributed by atoms with E-state index >= 15 is 0 Å².